The quantitative estimate of drug-likeness (QED) is 0.0985. The van der Waals surface area contributed by atoms with Crippen LogP contribution in [-0.4, -0.2) is 76.4 Å². The highest BCUT2D eigenvalue weighted by atomic mass is 33.1. The van der Waals surface area contributed by atoms with Crippen molar-refractivity contribution in [2.75, 3.05) is 84.6 Å². The number of nitrogens with zero attached hydrogens (tertiary/aromatic N) is 4. The molecule has 2 unspecified atom stereocenters. The summed E-state index contributed by atoms with van der Waals surface area (Å²) in [6.07, 6.45) is 9.04. The van der Waals surface area contributed by atoms with E-state index in [4.69, 9.17) is 9.47 Å². The van der Waals surface area contributed by atoms with Gasteiger partial charge in [0.15, 0.2) is 11.4 Å². The number of anilines is 4. The maximum atomic E-state index is 6.52. The SMILES string of the molecule is CN(CCSSCCN(C)c1ccc(C=CC23OCCN2c2ccccc2C3(C)C)cc1)c1ccc(C=CC23OCCN2c2ccccc2C3(C)C)cc1. The van der Waals surface area contributed by atoms with Crippen molar-refractivity contribution in [1.29, 1.82) is 0 Å². The number of benzene rings is 4. The molecule has 0 radical (unpaired) electrons. The smallest absolute Gasteiger partial charge is 0.170 e. The minimum atomic E-state index is -0.451. The van der Waals surface area contributed by atoms with Gasteiger partial charge in [0.1, 0.15) is 0 Å². The lowest BCUT2D eigenvalue weighted by atomic mass is 9.77. The number of rotatable bonds is 13. The summed E-state index contributed by atoms with van der Waals surface area (Å²) < 4.78 is 13.0. The Hall–Kier alpha value is -3.82. The molecular weight excluding hydrogens is 705 g/mol. The predicted molar refractivity (Wildman–Crippen MR) is 233 cm³/mol. The molecule has 4 aliphatic heterocycles. The zero-order chi connectivity index (χ0) is 37.6. The first-order valence-corrected chi connectivity index (χ1v) is 21.8. The van der Waals surface area contributed by atoms with E-state index in [0.29, 0.717) is 0 Å². The van der Waals surface area contributed by atoms with Crippen molar-refractivity contribution in [2.45, 2.75) is 50.0 Å². The Bertz CT molecular complexity index is 1870. The van der Waals surface area contributed by atoms with Crippen LogP contribution in [0.4, 0.5) is 22.7 Å². The third kappa shape index (κ3) is 6.23. The largest absolute Gasteiger partial charge is 0.374 e. The highest BCUT2D eigenvalue weighted by molar-refractivity contribution is 8.76. The van der Waals surface area contributed by atoms with Crippen molar-refractivity contribution in [3.8, 4) is 0 Å². The average molecular weight is 759 g/mol. The predicted octanol–water partition coefficient (Wildman–Crippen LogP) is 9.72. The first-order chi connectivity index (χ1) is 26.1. The van der Waals surface area contributed by atoms with Crippen molar-refractivity contribution in [2.24, 2.45) is 0 Å². The van der Waals surface area contributed by atoms with E-state index in [-0.39, 0.29) is 10.8 Å². The maximum Gasteiger partial charge on any atom is 0.170 e. The highest BCUT2D eigenvalue weighted by Gasteiger charge is 2.60. The monoisotopic (exact) mass is 758 g/mol. The molecular formula is C46H54N4O2S2. The first kappa shape index (κ1) is 37.1. The molecule has 2 atom stereocenters. The van der Waals surface area contributed by atoms with Crippen molar-refractivity contribution in [3.63, 3.8) is 0 Å². The van der Waals surface area contributed by atoms with Crippen molar-refractivity contribution >= 4 is 56.5 Å². The summed E-state index contributed by atoms with van der Waals surface area (Å²) in [7, 11) is 8.29. The zero-order valence-corrected chi connectivity index (χ0v) is 34.3. The standard InChI is InChI=1S/C46H54N4O2S2/c1-43(2)39-11-7-9-13-41(39)49-27-31-51-45(43,49)25-23-35-15-19-37(20-16-35)47(5)29-33-53-54-34-30-48(6)38-21-17-36(18-22-38)24-26-46-44(3,4)40-12-8-10-14-42(40)50(46)28-32-52-46/h7-26H,27-34H2,1-6H3. The second-order valence-electron chi connectivity index (χ2n) is 16.0. The summed E-state index contributed by atoms with van der Waals surface area (Å²) in [5, 5.41) is 0. The van der Waals surface area contributed by atoms with Crippen LogP contribution in [0.5, 0.6) is 0 Å². The number of hydrogen-bond acceptors (Lipinski definition) is 8. The molecule has 0 amide bonds. The van der Waals surface area contributed by atoms with Gasteiger partial charge in [-0.15, -0.1) is 0 Å². The van der Waals surface area contributed by atoms with Crippen LogP contribution >= 0.6 is 21.6 Å². The Morgan fingerprint density at radius 2 is 0.963 bits per heavy atom. The normalized spacial score (nSPS) is 23.2. The lowest BCUT2D eigenvalue weighted by Gasteiger charge is -2.39. The molecule has 0 bridgehead atoms. The summed E-state index contributed by atoms with van der Waals surface area (Å²) in [5.41, 5.74) is 9.00. The summed E-state index contributed by atoms with van der Waals surface area (Å²) in [4.78, 5) is 9.59. The maximum absolute atomic E-state index is 6.52. The van der Waals surface area contributed by atoms with Crippen LogP contribution in [0.3, 0.4) is 0 Å². The molecule has 4 aromatic carbocycles. The van der Waals surface area contributed by atoms with Gasteiger partial charge in [-0.1, -0.05) is 122 Å². The third-order valence-electron chi connectivity index (χ3n) is 12.4. The Kier molecular flexibility index (Phi) is 10.1. The fraction of sp³-hybridized carbons (Fsp3) is 0.391. The lowest BCUT2D eigenvalue weighted by molar-refractivity contribution is 0.000279. The van der Waals surface area contributed by atoms with Gasteiger partial charge in [-0.2, -0.15) is 0 Å². The lowest BCUT2D eigenvalue weighted by Crippen LogP contribution is -2.51. The van der Waals surface area contributed by atoms with E-state index in [1.54, 1.807) is 0 Å². The fourth-order valence-electron chi connectivity index (χ4n) is 9.08. The van der Waals surface area contributed by atoms with Gasteiger partial charge < -0.3 is 29.1 Å². The fourth-order valence-corrected chi connectivity index (χ4v) is 11.2. The van der Waals surface area contributed by atoms with Gasteiger partial charge in [0.25, 0.3) is 0 Å². The second-order valence-corrected chi connectivity index (χ2v) is 18.7. The van der Waals surface area contributed by atoms with Crippen LogP contribution in [-0.2, 0) is 20.3 Å². The van der Waals surface area contributed by atoms with Crippen LogP contribution < -0.4 is 19.6 Å². The van der Waals surface area contributed by atoms with Crippen LogP contribution in [0.1, 0.15) is 49.9 Å². The summed E-state index contributed by atoms with van der Waals surface area (Å²) in [6, 6.07) is 35.3. The van der Waals surface area contributed by atoms with Crippen molar-refractivity contribution in [3.05, 3.63) is 131 Å². The van der Waals surface area contributed by atoms with Gasteiger partial charge in [0, 0.05) is 85.4 Å². The van der Waals surface area contributed by atoms with Gasteiger partial charge in [-0.05, 0) is 70.8 Å². The zero-order valence-electron chi connectivity index (χ0n) is 32.6. The Morgan fingerprint density at radius 3 is 1.37 bits per heavy atom. The molecule has 0 aromatic heterocycles. The molecule has 2 fully saturated rings. The molecule has 4 aromatic rings. The topological polar surface area (TPSA) is 31.4 Å². The van der Waals surface area contributed by atoms with Crippen molar-refractivity contribution < 1.29 is 9.47 Å². The Balaban J connectivity index is 0.777. The van der Waals surface area contributed by atoms with Crippen LogP contribution in [0.2, 0.25) is 0 Å². The van der Waals surface area contributed by atoms with E-state index in [1.807, 2.05) is 21.6 Å². The minimum Gasteiger partial charge on any atom is -0.374 e. The van der Waals surface area contributed by atoms with E-state index in [2.05, 4.69) is 183 Å². The molecule has 54 heavy (non-hydrogen) atoms. The summed E-state index contributed by atoms with van der Waals surface area (Å²) in [6.45, 7) is 14.6. The second kappa shape index (κ2) is 14.7. The molecule has 2 saturated heterocycles. The van der Waals surface area contributed by atoms with Crippen LogP contribution in [0.25, 0.3) is 12.2 Å². The van der Waals surface area contributed by atoms with Gasteiger partial charge in [0.05, 0.1) is 13.2 Å². The minimum absolute atomic E-state index is 0.138. The van der Waals surface area contributed by atoms with Crippen LogP contribution in [0.15, 0.2) is 109 Å². The number of ether oxygens (including phenoxy) is 2. The molecule has 0 N–H and O–H groups in total. The Morgan fingerprint density at radius 1 is 0.574 bits per heavy atom. The average Bonchev–Trinajstić information content (AvgIpc) is 3.91. The molecule has 4 aliphatic rings. The number of hydrogen-bond donors (Lipinski definition) is 0. The Labute approximate surface area is 330 Å². The highest BCUT2D eigenvalue weighted by Crippen LogP contribution is 2.56. The molecule has 8 heteroatoms. The molecule has 282 valence electrons. The molecule has 0 spiro atoms. The molecule has 0 aliphatic carbocycles. The van der Waals surface area contributed by atoms with E-state index in [9.17, 15) is 0 Å². The molecule has 6 nitrogen and oxygen atoms in total. The third-order valence-corrected chi connectivity index (χ3v) is 14.7. The van der Waals surface area contributed by atoms with Crippen molar-refractivity contribution in [1.82, 2.24) is 0 Å². The van der Waals surface area contributed by atoms with E-state index < -0.39 is 11.4 Å². The first-order valence-electron chi connectivity index (χ1n) is 19.3. The summed E-state index contributed by atoms with van der Waals surface area (Å²) >= 11 is 0. The van der Waals surface area contributed by atoms with Crippen LogP contribution in [0, 0.1) is 0 Å². The number of para-hydroxylation sites is 2. The van der Waals surface area contributed by atoms with Gasteiger partial charge in [-0.3, -0.25) is 0 Å². The van der Waals surface area contributed by atoms with Gasteiger partial charge in [0.2, 0.25) is 0 Å². The molecule has 8 rings (SSSR count). The molecule has 4 heterocycles. The van der Waals surface area contributed by atoms with E-state index in [0.717, 1.165) is 50.9 Å². The van der Waals surface area contributed by atoms with Gasteiger partial charge >= 0.3 is 0 Å². The van der Waals surface area contributed by atoms with E-state index >= 15 is 0 Å². The number of fused-ring (bicyclic) bond motifs is 6. The molecule has 0 saturated carbocycles. The van der Waals surface area contributed by atoms with E-state index in [1.165, 1.54) is 45.0 Å². The summed E-state index contributed by atoms with van der Waals surface area (Å²) in [5.74, 6) is 2.15. The van der Waals surface area contributed by atoms with Gasteiger partial charge in [-0.25, -0.2) is 0 Å².